The summed E-state index contributed by atoms with van der Waals surface area (Å²) < 4.78 is 10.6. The molecule has 10 heteroatoms. The lowest BCUT2D eigenvalue weighted by Gasteiger charge is -2.19. The predicted octanol–water partition coefficient (Wildman–Crippen LogP) is 4.60. The third-order valence-corrected chi connectivity index (χ3v) is 10.1. The first-order valence-electron chi connectivity index (χ1n) is 16.6. The molecule has 48 heavy (non-hydrogen) atoms. The molecule has 0 saturated carbocycles. The summed E-state index contributed by atoms with van der Waals surface area (Å²) in [7, 11) is 1.28. The third kappa shape index (κ3) is 5.19. The number of carbonyl (C=O) groups is 4. The molecule has 3 atom stereocenters. The smallest absolute Gasteiger partial charge is 0.321 e. The van der Waals surface area contributed by atoms with Crippen molar-refractivity contribution in [2.24, 2.45) is 17.8 Å². The third-order valence-electron chi connectivity index (χ3n) is 10.1. The summed E-state index contributed by atoms with van der Waals surface area (Å²) in [6.07, 6.45) is 10.5. The van der Waals surface area contributed by atoms with E-state index in [0.29, 0.717) is 64.1 Å². The molecule has 0 amide bonds. The van der Waals surface area contributed by atoms with Crippen LogP contribution in [0.3, 0.4) is 0 Å². The standard InChI is InChI=1S/C38H42N4O6/c1-8-13-48-31(44)12-11-23-19(5)26-14-25-18(4)21(9-2)28(39-25)16-30-24(17-43)22(10-3)29(40-30)15-27-20(6)32-36(42-27)33(35(23)41-26)34(37(32)45)38(46)47-7/h9,14-17,19,23,34,39-42H,2,8,10-13H2,1,3-7H3/b26-14-,29-15-,30-16-,35-33-/t19-,23-,34+/m0/s1. The largest absolute Gasteiger partial charge is 0.468 e. The number of hydrogen-bond donors (Lipinski definition) is 4. The molecule has 8 bridgehead atoms. The number of allylic oxidation sites excluding steroid dienone is 2. The van der Waals surface area contributed by atoms with Crippen LogP contribution in [0.15, 0.2) is 18.0 Å². The van der Waals surface area contributed by atoms with Gasteiger partial charge >= 0.3 is 11.9 Å². The highest BCUT2D eigenvalue weighted by Crippen LogP contribution is 2.48. The Kier molecular flexibility index (Phi) is 8.76. The average molecular weight is 651 g/mol. The van der Waals surface area contributed by atoms with Gasteiger partial charge in [0.15, 0.2) is 12.1 Å². The molecule has 1 saturated heterocycles. The topological polar surface area (TPSA) is 146 Å². The van der Waals surface area contributed by atoms with E-state index in [0.717, 1.165) is 51.8 Å². The van der Waals surface area contributed by atoms with E-state index in [2.05, 4.69) is 33.8 Å². The Morgan fingerprint density at radius 1 is 0.979 bits per heavy atom. The second-order valence-electron chi connectivity index (χ2n) is 12.7. The number of hydrogen-bond acceptors (Lipinski definition) is 7. The average Bonchev–Trinajstić information content (AvgIpc) is 3.82. The molecule has 3 aromatic heterocycles. The van der Waals surface area contributed by atoms with Crippen LogP contribution in [-0.2, 0) is 25.5 Å². The molecular formula is C38H42N4O6. The number of ether oxygens (including phenoxy) is 2. The van der Waals surface area contributed by atoms with Gasteiger partial charge in [-0.05, 0) is 68.0 Å². The van der Waals surface area contributed by atoms with Gasteiger partial charge in [-0.3, -0.25) is 19.2 Å². The lowest BCUT2D eigenvalue weighted by molar-refractivity contribution is -0.144. The SMILES string of the molecule is C=Cc1c2[nH]c(c1C)/C=C1\N/C(=C3\c4[nH]c(c(C)c4C(=O)[C@@H]3C(=O)OC)/C=c3\[nH]/c(c(C=O)c3CC)=C\2)[C@@H](CCC(=O)OCCC)[C@@H]1C. The molecule has 10 nitrogen and oxygen atoms in total. The monoisotopic (exact) mass is 650 g/mol. The maximum atomic E-state index is 14.2. The van der Waals surface area contributed by atoms with Gasteiger partial charge in [0.25, 0.3) is 0 Å². The summed E-state index contributed by atoms with van der Waals surface area (Å²) in [5.41, 5.74) is 9.41. The molecule has 4 N–H and O–H groups in total. The van der Waals surface area contributed by atoms with E-state index in [-0.39, 0.29) is 30.0 Å². The second kappa shape index (κ2) is 12.8. The highest BCUT2D eigenvalue weighted by Gasteiger charge is 2.48. The van der Waals surface area contributed by atoms with Crippen LogP contribution in [0.2, 0.25) is 0 Å². The molecule has 1 fully saturated rings. The fraction of sp³-hybridized carbons (Fsp3) is 0.368. The molecule has 250 valence electrons. The number of carbonyl (C=O) groups excluding carboxylic acids is 4. The molecule has 2 aliphatic heterocycles. The van der Waals surface area contributed by atoms with Crippen molar-refractivity contribution < 1.29 is 28.7 Å². The van der Waals surface area contributed by atoms with Crippen LogP contribution >= 0.6 is 0 Å². The lowest BCUT2D eigenvalue weighted by atomic mass is 9.85. The van der Waals surface area contributed by atoms with Crippen molar-refractivity contribution in [1.82, 2.24) is 20.3 Å². The minimum Gasteiger partial charge on any atom is -0.468 e. The Labute approximate surface area is 279 Å². The van der Waals surface area contributed by atoms with Gasteiger partial charge in [0.2, 0.25) is 0 Å². The fourth-order valence-electron chi connectivity index (χ4n) is 7.51. The molecule has 0 unspecified atom stereocenters. The van der Waals surface area contributed by atoms with Crippen LogP contribution in [0.5, 0.6) is 0 Å². The number of ketones is 1. The first kappa shape index (κ1) is 32.8. The zero-order valence-electron chi connectivity index (χ0n) is 28.3. The number of nitrogens with one attached hydrogen (secondary N) is 4. The maximum absolute atomic E-state index is 14.2. The van der Waals surface area contributed by atoms with E-state index in [4.69, 9.17) is 9.47 Å². The molecule has 1 aliphatic carbocycles. The number of esters is 2. The second-order valence-corrected chi connectivity index (χ2v) is 12.7. The van der Waals surface area contributed by atoms with E-state index >= 15 is 0 Å². The number of aromatic amines is 3. The molecule has 5 heterocycles. The van der Waals surface area contributed by atoms with E-state index in [1.54, 1.807) is 6.08 Å². The number of rotatable bonds is 9. The zero-order chi connectivity index (χ0) is 34.4. The van der Waals surface area contributed by atoms with Gasteiger partial charge in [-0.15, -0.1) is 0 Å². The lowest BCUT2D eigenvalue weighted by Crippen LogP contribution is -2.25. The molecule has 0 aromatic carbocycles. The minimum absolute atomic E-state index is 0.108. The van der Waals surface area contributed by atoms with Crippen LogP contribution in [0.4, 0.5) is 0 Å². The maximum Gasteiger partial charge on any atom is 0.321 e. The van der Waals surface area contributed by atoms with Gasteiger partial charge in [0.05, 0.1) is 24.8 Å². The van der Waals surface area contributed by atoms with Crippen molar-refractivity contribution >= 4 is 53.9 Å². The van der Waals surface area contributed by atoms with Crippen LogP contribution < -0.4 is 16.0 Å². The van der Waals surface area contributed by atoms with Crippen molar-refractivity contribution in [1.29, 1.82) is 0 Å². The predicted molar refractivity (Wildman–Crippen MR) is 184 cm³/mol. The van der Waals surface area contributed by atoms with E-state index in [1.165, 1.54) is 7.11 Å². The molecule has 0 radical (unpaired) electrons. The van der Waals surface area contributed by atoms with Crippen molar-refractivity contribution in [2.45, 2.75) is 60.3 Å². The van der Waals surface area contributed by atoms with Crippen LogP contribution in [-0.4, -0.2) is 52.7 Å². The Morgan fingerprint density at radius 3 is 2.38 bits per heavy atom. The molecule has 3 aliphatic rings. The van der Waals surface area contributed by atoms with Gasteiger partial charge in [0, 0.05) is 74.3 Å². The fourth-order valence-corrected chi connectivity index (χ4v) is 7.51. The van der Waals surface area contributed by atoms with Crippen LogP contribution in [0, 0.1) is 31.6 Å². The first-order chi connectivity index (χ1) is 23.1. The Bertz CT molecular complexity index is 2070. The van der Waals surface area contributed by atoms with Gasteiger partial charge in [-0.25, -0.2) is 0 Å². The van der Waals surface area contributed by atoms with Gasteiger partial charge in [-0.2, -0.15) is 0 Å². The van der Waals surface area contributed by atoms with Gasteiger partial charge in [0.1, 0.15) is 5.92 Å². The number of methoxy groups -OCH3 is 1. The first-order valence-corrected chi connectivity index (χ1v) is 16.6. The number of fused-ring (bicyclic) bond motifs is 7. The van der Waals surface area contributed by atoms with Crippen LogP contribution in [0.25, 0.3) is 29.9 Å². The summed E-state index contributed by atoms with van der Waals surface area (Å²) in [4.78, 5) is 63.2. The molecule has 6 rings (SSSR count). The van der Waals surface area contributed by atoms with Crippen molar-refractivity contribution in [3.63, 3.8) is 0 Å². The Morgan fingerprint density at radius 2 is 1.71 bits per heavy atom. The normalized spacial score (nSPS) is 23.3. The van der Waals surface area contributed by atoms with Crippen molar-refractivity contribution in [2.75, 3.05) is 13.7 Å². The molecule has 3 aromatic rings. The molecule has 0 spiro atoms. The number of Topliss-reactive ketones (excluding diaryl/α,β-unsaturated/α-hetero) is 1. The summed E-state index contributed by atoms with van der Waals surface area (Å²) in [6, 6.07) is 0. The van der Waals surface area contributed by atoms with E-state index < -0.39 is 11.9 Å². The number of aldehydes is 1. The highest BCUT2D eigenvalue weighted by molar-refractivity contribution is 6.24. The quantitative estimate of drug-likeness (QED) is 0.150. The van der Waals surface area contributed by atoms with Gasteiger partial charge in [-0.1, -0.05) is 33.4 Å². The minimum atomic E-state index is -1.17. The van der Waals surface area contributed by atoms with Gasteiger partial charge < -0.3 is 29.7 Å². The van der Waals surface area contributed by atoms with E-state index in [9.17, 15) is 19.2 Å². The van der Waals surface area contributed by atoms with E-state index in [1.807, 2.05) is 45.9 Å². The summed E-state index contributed by atoms with van der Waals surface area (Å²) >= 11 is 0. The zero-order valence-corrected chi connectivity index (χ0v) is 28.3. The number of aromatic nitrogens is 3. The summed E-state index contributed by atoms with van der Waals surface area (Å²) in [6.45, 7) is 14.3. The number of H-pyrrole nitrogens is 3. The Hall–Kier alpha value is -5.12. The van der Waals surface area contributed by atoms with Crippen molar-refractivity contribution in [3.05, 3.63) is 84.8 Å². The molecular weight excluding hydrogens is 608 g/mol. The highest BCUT2D eigenvalue weighted by atomic mass is 16.5. The summed E-state index contributed by atoms with van der Waals surface area (Å²) in [5.74, 6) is -2.78. The Balaban J connectivity index is 1.68. The summed E-state index contributed by atoms with van der Waals surface area (Å²) in [5, 5.41) is 5.02. The van der Waals surface area contributed by atoms with Crippen LogP contribution in [0.1, 0.15) is 106 Å². The van der Waals surface area contributed by atoms with Crippen molar-refractivity contribution in [3.8, 4) is 0 Å².